The molecule has 0 N–H and O–H groups in total. The molecule has 3 aromatic rings. The second-order valence-electron chi connectivity index (χ2n) is 8.03. The Kier molecular flexibility index (Phi) is 5.52. The zero-order chi connectivity index (χ0) is 21.2. The molecule has 2 aliphatic heterocycles. The molecule has 5 rings (SSSR count). The molecule has 0 spiro atoms. The average molecular weight is 422 g/mol. The van der Waals surface area contributed by atoms with E-state index in [1.165, 1.54) is 4.68 Å². The van der Waals surface area contributed by atoms with Crippen LogP contribution in [-0.2, 0) is 18.3 Å². The van der Waals surface area contributed by atoms with Gasteiger partial charge < -0.3 is 14.4 Å². The topological polar surface area (TPSA) is 85.6 Å². The van der Waals surface area contributed by atoms with Crippen molar-refractivity contribution in [1.29, 1.82) is 0 Å². The lowest BCUT2D eigenvalue weighted by atomic mass is 10.1. The minimum Gasteiger partial charge on any atom is -0.471 e. The van der Waals surface area contributed by atoms with Crippen molar-refractivity contribution in [3.05, 3.63) is 52.7 Å². The van der Waals surface area contributed by atoms with Crippen LogP contribution in [0.1, 0.15) is 12.1 Å². The van der Waals surface area contributed by atoms with Crippen molar-refractivity contribution >= 4 is 16.6 Å². The van der Waals surface area contributed by atoms with Crippen LogP contribution in [0, 0.1) is 0 Å². The maximum Gasteiger partial charge on any atom is 0.266 e. The van der Waals surface area contributed by atoms with Gasteiger partial charge in [-0.3, -0.25) is 9.69 Å². The van der Waals surface area contributed by atoms with E-state index in [1.807, 2.05) is 12.1 Å². The van der Waals surface area contributed by atoms with Gasteiger partial charge in [-0.05, 0) is 24.3 Å². The van der Waals surface area contributed by atoms with E-state index >= 15 is 0 Å². The van der Waals surface area contributed by atoms with Crippen molar-refractivity contribution in [3.63, 3.8) is 0 Å². The Morgan fingerprint density at radius 3 is 2.77 bits per heavy atom. The van der Waals surface area contributed by atoms with E-state index in [0.717, 1.165) is 68.0 Å². The van der Waals surface area contributed by atoms with Crippen molar-refractivity contribution in [1.82, 2.24) is 24.6 Å². The van der Waals surface area contributed by atoms with Gasteiger partial charge >= 0.3 is 0 Å². The Bertz CT molecular complexity index is 1120. The number of fused-ring (bicyclic) bond motifs is 1. The Morgan fingerprint density at radius 1 is 1.13 bits per heavy atom. The predicted octanol–water partition coefficient (Wildman–Crippen LogP) is 1.21. The summed E-state index contributed by atoms with van der Waals surface area (Å²) in [7, 11) is 1.69. The maximum atomic E-state index is 11.5. The van der Waals surface area contributed by atoms with E-state index in [0.29, 0.717) is 12.5 Å². The monoisotopic (exact) mass is 422 g/mol. The fraction of sp³-hybridized carbons (Fsp3) is 0.455. The first-order valence-corrected chi connectivity index (χ1v) is 10.7. The number of aromatic nitrogens is 4. The summed E-state index contributed by atoms with van der Waals surface area (Å²) in [6.07, 6.45) is 2.49. The molecule has 31 heavy (non-hydrogen) atoms. The van der Waals surface area contributed by atoms with E-state index in [9.17, 15) is 4.79 Å². The summed E-state index contributed by atoms with van der Waals surface area (Å²) in [5.41, 5.74) is 2.86. The molecule has 9 heteroatoms. The second-order valence-corrected chi connectivity index (χ2v) is 8.03. The number of aryl methyl sites for hydroxylation is 1. The smallest absolute Gasteiger partial charge is 0.266 e. The zero-order valence-electron chi connectivity index (χ0n) is 17.6. The molecule has 2 aromatic heterocycles. The van der Waals surface area contributed by atoms with Gasteiger partial charge in [-0.15, -0.1) is 0 Å². The van der Waals surface area contributed by atoms with Crippen LogP contribution in [0.3, 0.4) is 0 Å². The third-order valence-corrected chi connectivity index (χ3v) is 5.89. The molecule has 2 saturated heterocycles. The summed E-state index contributed by atoms with van der Waals surface area (Å²) >= 11 is 0. The molecule has 0 bridgehead atoms. The number of hydrogen-bond acceptors (Lipinski definition) is 8. The lowest BCUT2D eigenvalue weighted by molar-refractivity contribution is 0.139. The van der Waals surface area contributed by atoms with Crippen molar-refractivity contribution in [2.45, 2.75) is 19.1 Å². The van der Waals surface area contributed by atoms with Crippen molar-refractivity contribution in [2.24, 2.45) is 7.05 Å². The molecular weight excluding hydrogens is 396 g/mol. The summed E-state index contributed by atoms with van der Waals surface area (Å²) < 4.78 is 12.9. The molecule has 0 saturated carbocycles. The molecule has 9 nitrogen and oxygen atoms in total. The molecule has 4 heterocycles. The third kappa shape index (κ3) is 4.38. The van der Waals surface area contributed by atoms with Gasteiger partial charge in [0, 0.05) is 57.9 Å². The molecule has 0 aliphatic carbocycles. The van der Waals surface area contributed by atoms with Crippen molar-refractivity contribution in [3.8, 4) is 5.88 Å². The van der Waals surface area contributed by atoms with Crippen LogP contribution < -0.4 is 15.2 Å². The highest BCUT2D eigenvalue weighted by atomic mass is 16.5. The van der Waals surface area contributed by atoms with Crippen molar-refractivity contribution in [2.75, 3.05) is 44.3 Å². The number of ether oxygens (including phenoxy) is 2. The lowest BCUT2D eigenvalue weighted by Crippen LogP contribution is -2.46. The Hall–Kier alpha value is -3.04. The first kappa shape index (κ1) is 19.9. The quantitative estimate of drug-likeness (QED) is 0.607. The first-order valence-electron chi connectivity index (χ1n) is 10.7. The maximum absolute atomic E-state index is 11.5. The molecule has 2 aliphatic rings. The summed E-state index contributed by atoms with van der Waals surface area (Å²) in [6, 6.07) is 9.67. The molecule has 2 fully saturated rings. The van der Waals surface area contributed by atoms with Gasteiger partial charge in [0.05, 0.1) is 29.8 Å². The minimum absolute atomic E-state index is 0.0522. The van der Waals surface area contributed by atoms with E-state index in [1.54, 1.807) is 19.4 Å². The number of rotatable bonds is 5. The van der Waals surface area contributed by atoms with Crippen LogP contribution in [0.5, 0.6) is 5.88 Å². The largest absolute Gasteiger partial charge is 0.471 e. The Morgan fingerprint density at radius 2 is 2.00 bits per heavy atom. The molecule has 1 aromatic carbocycles. The van der Waals surface area contributed by atoms with Gasteiger partial charge in [0.1, 0.15) is 12.4 Å². The van der Waals surface area contributed by atoms with Gasteiger partial charge in [0.25, 0.3) is 5.56 Å². The van der Waals surface area contributed by atoms with Crippen LogP contribution in [0.25, 0.3) is 10.9 Å². The number of hydrogen-bond donors (Lipinski definition) is 0. The molecule has 162 valence electrons. The van der Waals surface area contributed by atoms with Gasteiger partial charge in [-0.2, -0.15) is 5.10 Å². The van der Waals surface area contributed by atoms with Crippen LogP contribution in [-0.4, -0.2) is 70.1 Å². The zero-order valence-corrected chi connectivity index (χ0v) is 17.6. The van der Waals surface area contributed by atoms with Gasteiger partial charge in [0.15, 0.2) is 0 Å². The number of benzene rings is 1. The number of anilines is 1. The third-order valence-electron chi connectivity index (χ3n) is 5.89. The normalized spacial score (nSPS) is 19.8. The summed E-state index contributed by atoms with van der Waals surface area (Å²) in [5.74, 6) is 0.627. The van der Waals surface area contributed by atoms with E-state index in [-0.39, 0.29) is 11.7 Å². The molecule has 0 radical (unpaired) electrons. The standard InChI is InChI=1S/C22H26N6O3/c1-26-21(29)5-2-16(25-26)13-27-7-9-28(10-8-27)17-3-4-20-19(12-17)22(24-15-23-20)31-18-6-11-30-14-18/h2-5,12,15,18H,6-11,13-14H2,1H3. The van der Waals surface area contributed by atoms with Gasteiger partial charge in [-0.25, -0.2) is 14.6 Å². The highest BCUT2D eigenvalue weighted by Crippen LogP contribution is 2.29. The SMILES string of the molecule is Cn1nc(CN2CCN(c3ccc4ncnc(OC5CCOC5)c4c3)CC2)ccc1=O. The lowest BCUT2D eigenvalue weighted by Gasteiger charge is -2.36. The van der Waals surface area contributed by atoms with Crippen molar-refractivity contribution < 1.29 is 9.47 Å². The Balaban J connectivity index is 1.27. The van der Waals surface area contributed by atoms with Gasteiger partial charge in [0.2, 0.25) is 5.88 Å². The Labute approximate surface area is 180 Å². The molecule has 1 unspecified atom stereocenters. The second kappa shape index (κ2) is 8.60. The summed E-state index contributed by atoms with van der Waals surface area (Å²) in [4.78, 5) is 25.0. The number of piperazine rings is 1. The molecule has 1 atom stereocenters. The first-order chi connectivity index (χ1) is 15.2. The molecular formula is C22H26N6O3. The summed E-state index contributed by atoms with van der Waals surface area (Å²) in [5, 5.41) is 5.28. The van der Waals surface area contributed by atoms with Crippen LogP contribution in [0.2, 0.25) is 0 Å². The van der Waals surface area contributed by atoms with Crippen LogP contribution in [0.4, 0.5) is 5.69 Å². The van der Waals surface area contributed by atoms with E-state index in [4.69, 9.17) is 9.47 Å². The highest BCUT2D eigenvalue weighted by Gasteiger charge is 2.21. The van der Waals surface area contributed by atoms with Gasteiger partial charge in [-0.1, -0.05) is 0 Å². The van der Waals surface area contributed by atoms with E-state index in [2.05, 4.69) is 37.0 Å². The molecule has 0 amide bonds. The highest BCUT2D eigenvalue weighted by molar-refractivity contribution is 5.86. The number of nitrogens with zero attached hydrogens (tertiary/aromatic N) is 6. The fourth-order valence-electron chi connectivity index (χ4n) is 4.10. The fourth-order valence-corrected chi connectivity index (χ4v) is 4.10. The van der Waals surface area contributed by atoms with E-state index < -0.39 is 0 Å². The minimum atomic E-state index is -0.0855. The summed E-state index contributed by atoms with van der Waals surface area (Å²) in [6.45, 7) is 5.77. The predicted molar refractivity (Wildman–Crippen MR) is 116 cm³/mol. The average Bonchev–Trinajstić information content (AvgIpc) is 3.30. The van der Waals surface area contributed by atoms with Crippen LogP contribution >= 0.6 is 0 Å². The van der Waals surface area contributed by atoms with Crippen LogP contribution in [0.15, 0.2) is 41.5 Å².